The molecular weight excluding hydrogens is 280 g/mol. The molecule has 1 aromatic carbocycles. The lowest BCUT2D eigenvalue weighted by Gasteiger charge is -2.36. The van der Waals surface area contributed by atoms with E-state index in [-0.39, 0.29) is 12.1 Å². The van der Waals surface area contributed by atoms with E-state index in [1.54, 1.807) is 6.20 Å². The van der Waals surface area contributed by atoms with Crippen molar-refractivity contribution in [3.05, 3.63) is 53.9 Å². The topological polar surface area (TPSA) is 79.0 Å². The third-order valence-corrected chi connectivity index (χ3v) is 3.81. The lowest BCUT2D eigenvalue weighted by atomic mass is 9.87. The molecule has 1 fully saturated rings. The minimum absolute atomic E-state index is 0.197. The Labute approximate surface area is 129 Å². The second-order valence-electron chi connectivity index (χ2n) is 5.53. The van der Waals surface area contributed by atoms with E-state index in [2.05, 4.69) is 20.8 Å². The van der Waals surface area contributed by atoms with Crippen molar-refractivity contribution >= 4 is 6.09 Å². The number of carbonyl (C=O) groups is 1. The minimum atomic E-state index is -0.346. The molecule has 0 spiro atoms. The van der Waals surface area contributed by atoms with Crippen LogP contribution < -0.4 is 10.6 Å². The third-order valence-electron chi connectivity index (χ3n) is 3.81. The van der Waals surface area contributed by atoms with Gasteiger partial charge in [0.05, 0.1) is 0 Å². The van der Waals surface area contributed by atoms with E-state index in [1.807, 2.05) is 36.4 Å². The molecule has 0 bridgehead atoms. The molecule has 1 heterocycles. The number of ether oxygens (including phenoxy) is 1. The van der Waals surface area contributed by atoms with Gasteiger partial charge in [-0.05, 0) is 24.5 Å². The van der Waals surface area contributed by atoms with Gasteiger partial charge in [0, 0.05) is 30.5 Å². The zero-order chi connectivity index (χ0) is 15.2. The van der Waals surface area contributed by atoms with Gasteiger partial charge in [0.25, 0.3) is 0 Å². The zero-order valence-corrected chi connectivity index (χ0v) is 12.3. The molecule has 1 aliphatic rings. The van der Waals surface area contributed by atoms with Crippen LogP contribution in [0.1, 0.15) is 24.1 Å². The molecular formula is C16H20N4O2. The van der Waals surface area contributed by atoms with Crippen LogP contribution in [0.3, 0.4) is 0 Å². The summed E-state index contributed by atoms with van der Waals surface area (Å²) in [5, 5.41) is 13.1. The fourth-order valence-electron chi connectivity index (χ4n) is 2.47. The first-order valence-electron chi connectivity index (χ1n) is 7.48. The smallest absolute Gasteiger partial charge is 0.407 e. The maximum Gasteiger partial charge on any atom is 0.407 e. The van der Waals surface area contributed by atoms with Crippen LogP contribution in [0, 0.1) is 0 Å². The zero-order valence-electron chi connectivity index (χ0n) is 12.3. The molecule has 3 rings (SSSR count). The van der Waals surface area contributed by atoms with Crippen molar-refractivity contribution in [2.24, 2.45) is 0 Å². The van der Waals surface area contributed by atoms with Crippen molar-refractivity contribution in [3.63, 3.8) is 0 Å². The molecule has 0 radical (unpaired) electrons. The molecule has 116 valence electrons. The van der Waals surface area contributed by atoms with E-state index in [0.717, 1.165) is 30.6 Å². The number of hydrogen-bond acceptors (Lipinski definition) is 4. The largest absolute Gasteiger partial charge is 0.445 e. The molecule has 22 heavy (non-hydrogen) atoms. The Hall–Kier alpha value is -2.34. The molecule has 6 heteroatoms. The summed E-state index contributed by atoms with van der Waals surface area (Å²) < 4.78 is 5.20. The lowest BCUT2D eigenvalue weighted by molar-refractivity contribution is 0.125. The monoisotopic (exact) mass is 300 g/mol. The molecule has 6 nitrogen and oxygen atoms in total. The average molecular weight is 300 g/mol. The Balaban J connectivity index is 1.29. The number of benzene rings is 1. The van der Waals surface area contributed by atoms with Crippen LogP contribution in [-0.4, -0.2) is 28.4 Å². The first kappa shape index (κ1) is 14.6. The summed E-state index contributed by atoms with van der Waals surface area (Å²) in [4.78, 5) is 11.7. The number of rotatable bonds is 6. The van der Waals surface area contributed by atoms with Crippen molar-refractivity contribution in [1.82, 2.24) is 20.8 Å². The van der Waals surface area contributed by atoms with Crippen LogP contribution >= 0.6 is 0 Å². The number of carbonyl (C=O) groups excluding carboxylic acids is 1. The number of hydrogen-bond donors (Lipinski definition) is 3. The van der Waals surface area contributed by atoms with Gasteiger partial charge in [-0.3, -0.25) is 5.10 Å². The average Bonchev–Trinajstić information content (AvgIpc) is 3.01. The maximum absolute atomic E-state index is 11.7. The quantitative estimate of drug-likeness (QED) is 0.762. The van der Waals surface area contributed by atoms with Crippen molar-refractivity contribution in [2.45, 2.75) is 38.1 Å². The minimum Gasteiger partial charge on any atom is -0.445 e. The first-order chi connectivity index (χ1) is 10.8. The van der Waals surface area contributed by atoms with Gasteiger partial charge >= 0.3 is 6.09 Å². The lowest BCUT2D eigenvalue weighted by Crippen LogP contribution is -2.52. The van der Waals surface area contributed by atoms with Crippen LogP contribution in [0.25, 0.3) is 0 Å². The predicted molar refractivity (Wildman–Crippen MR) is 82.0 cm³/mol. The summed E-state index contributed by atoms with van der Waals surface area (Å²) >= 11 is 0. The van der Waals surface area contributed by atoms with Crippen LogP contribution in [0.15, 0.2) is 42.6 Å². The van der Waals surface area contributed by atoms with Crippen LogP contribution in [0.5, 0.6) is 0 Å². The van der Waals surface area contributed by atoms with Crippen LogP contribution in [-0.2, 0) is 17.9 Å². The van der Waals surface area contributed by atoms with E-state index in [9.17, 15) is 4.79 Å². The number of aromatic amines is 1. The van der Waals surface area contributed by atoms with E-state index in [1.165, 1.54) is 0 Å². The fourth-order valence-corrected chi connectivity index (χ4v) is 2.47. The van der Waals surface area contributed by atoms with Crippen LogP contribution in [0.2, 0.25) is 0 Å². The van der Waals surface area contributed by atoms with Gasteiger partial charge in [0.1, 0.15) is 6.61 Å². The van der Waals surface area contributed by atoms with E-state index in [0.29, 0.717) is 12.6 Å². The first-order valence-corrected chi connectivity index (χ1v) is 7.48. The number of H-pyrrole nitrogens is 1. The molecule has 1 aliphatic carbocycles. The summed E-state index contributed by atoms with van der Waals surface area (Å²) in [7, 11) is 0. The Morgan fingerprint density at radius 1 is 1.23 bits per heavy atom. The highest BCUT2D eigenvalue weighted by Crippen LogP contribution is 2.20. The second kappa shape index (κ2) is 7.09. The van der Waals surface area contributed by atoms with Gasteiger partial charge in [-0.1, -0.05) is 30.3 Å². The number of alkyl carbamates (subject to hydrolysis) is 1. The van der Waals surface area contributed by atoms with E-state index in [4.69, 9.17) is 4.74 Å². The van der Waals surface area contributed by atoms with Crippen molar-refractivity contribution < 1.29 is 9.53 Å². The van der Waals surface area contributed by atoms with Gasteiger partial charge in [-0.15, -0.1) is 0 Å². The Bertz CT molecular complexity index is 579. The van der Waals surface area contributed by atoms with Gasteiger partial charge < -0.3 is 15.4 Å². The Kier molecular flexibility index (Phi) is 4.70. The highest BCUT2D eigenvalue weighted by atomic mass is 16.5. The highest BCUT2D eigenvalue weighted by molar-refractivity contribution is 5.67. The van der Waals surface area contributed by atoms with Gasteiger partial charge in [0.2, 0.25) is 0 Å². The summed E-state index contributed by atoms with van der Waals surface area (Å²) in [6.45, 7) is 1.08. The number of aromatic nitrogens is 2. The molecule has 1 aromatic heterocycles. The summed E-state index contributed by atoms with van der Waals surface area (Å²) in [6, 6.07) is 12.2. The molecule has 0 aliphatic heterocycles. The van der Waals surface area contributed by atoms with Crippen molar-refractivity contribution in [2.75, 3.05) is 0 Å². The molecule has 1 saturated carbocycles. The maximum atomic E-state index is 11.7. The molecule has 0 unspecified atom stereocenters. The molecule has 3 N–H and O–H groups in total. The highest BCUT2D eigenvalue weighted by Gasteiger charge is 2.30. The van der Waals surface area contributed by atoms with E-state index < -0.39 is 0 Å². The Morgan fingerprint density at radius 3 is 2.77 bits per heavy atom. The van der Waals surface area contributed by atoms with Gasteiger partial charge in [-0.25, -0.2) is 4.79 Å². The number of nitrogens with zero attached hydrogens (tertiary/aromatic N) is 1. The summed E-state index contributed by atoms with van der Waals surface area (Å²) in [6.07, 6.45) is 3.24. The Morgan fingerprint density at radius 2 is 2.05 bits per heavy atom. The molecule has 0 saturated heterocycles. The van der Waals surface area contributed by atoms with Crippen molar-refractivity contribution in [1.29, 1.82) is 0 Å². The SMILES string of the molecule is O=C(NC1CC(NCc2ccn[nH]2)C1)OCc1ccccc1. The van der Waals surface area contributed by atoms with Crippen LogP contribution in [0.4, 0.5) is 4.79 Å². The van der Waals surface area contributed by atoms with Gasteiger partial charge in [-0.2, -0.15) is 5.10 Å². The van der Waals surface area contributed by atoms with Crippen molar-refractivity contribution in [3.8, 4) is 0 Å². The standard InChI is InChI=1S/C16H20N4O2/c21-16(22-11-12-4-2-1-3-5-12)19-15-8-14(9-15)17-10-13-6-7-18-20-13/h1-7,14-15,17H,8-11H2,(H,18,20)(H,19,21). The number of nitrogens with one attached hydrogen (secondary N) is 3. The third kappa shape index (κ3) is 4.08. The second-order valence-corrected chi connectivity index (χ2v) is 5.53. The normalized spacial score (nSPS) is 20.2. The fraction of sp³-hybridized carbons (Fsp3) is 0.375. The predicted octanol–water partition coefficient (Wildman–Crippen LogP) is 1.96. The molecule has 2 aromatic rings. The summed E-state index contributed by atoms with van der Waals surface area (Å²) in [5.74, 6) is 0. The van der Waals surface area contributed by atoms with Gasteiger partial charge in [0.15, 0.2) is 0 Å². The molecule has 0 atom stereocenters. The van der Waals surface area contributed by atoms with E-state index >= 15 is 0 Å². The summed E-state index contributed by atoms with van der Waals surface area (Å²) in [5.41, 5.74) is 2.06. The molecule has 1 amide bonds. The number of amides is 1.